The van der Waals surface area contributed by atoms with Crippen molar-refractivity contribution in [1.82, 2.24) is 0 Å². The van der Waals surface area contributed by atoms with Gasteiger partial charge < -0.3 is 9.47 Å². The van der Waals surface area contributed by atoms with Gasteiger partial charge in [0.1, 0.15) is 12.4 Å². The van der Waals surface area contributed by atoms with E-state index in [9.17, 15) is 4.79 Å². The minimum atomic E-state index is -0.369. The molecule has 0 unspecified atom stereocenters. The number of carbonyl (C=O) groups excluding carboxylic acids is 1. The first-order valence-electron chi connectivity index (χ1n) is 5.14. The smallest absolute Gasteiger partial charge is 0.338 e. The molecular formula is C12H14O3S2. The second-order valence-electron chi connectivity index (χ2n) is 3.11. The van der Waals surface area contributed by atoms with Crippen LogP contribution in [0, 0.1) is 0 Å². The van der Waals surface area contributed by atoms with Crippen molar-refractivity contribution in [2.45, 2.75) is 6.92 Å². The van der Waals surface area contributed by atoms with E-state index in [1.807, 2.05) is 6.92 Å². The molecule has 92 valence electrons. The summed E-state index contributed by atoms with van der Waals surface area (Å²) in [6.07, 6.45) is 0. The van der Waals surface area contributed by atoms with Gasteiger partial charge >= 0.3 is 5.97 Å². The lowest BCUT2D eigenvalue weighted by Gasteiger charge is -2.05. The molecule has 0 saturated carbocycles. The van der Waals surface area contributed by atoms with E-state index in [0.29, 0.717) is 15.5 Å². The van der Waals surface area contributed by atoms with Crippen LogP contribution in [0.4, 0.5) is 0 Å². The van der Waals surface area contributed by atoms with Crippen molar-refractivity contribution in [3.63, 3.8) is 0 Å². The Hall–Kier alpha value is -1.07. The van der Waals surface area contributed by atoms with Crippen LogP contribution in [-0.2, 0) is 4.74 Å². The zero-order valence-corrected chi connectivity index (χ0v) is 11.4. The Morgan fingerprint density at radius 1 is 1.35 bits per heavy atom. The number of carbonyl (C=O) groups is 1. The molecule has 0 fully saturated rings. The molecule has 0 radical (unpaired) electrons. The number of rotatable bonds is 5. The van der Waals surface area contributed by atoms with Crippen molar-refractivity contribution in [1.29, 1.82) is 0 Å². The minimum Gasteiger partial charge on any atom is -0.497 e. The number of ether oxygens (including phenoxy) is 2. The summed E-state index contributed by atoms with van der Waals surface area (Å²) in [5.74, 6) is 1.23. The molecule has 1 aromatic carbocycles. The third kappa shape index (κ3) is 4.75. The van der Waals surface area contributed by atoms with Gasteiger partial charge in [-0.05, 0) is 30.0 Å². The Bertz CT molecular complexity index is 387. The van der Waals surface area contributed by atoms with Gasteiger partial charge in [0, 0.05) is 0 Å². The van der Waals surface area contributed by atoms with Gasteiger partial charge in [-0.25, -0.2) is 4.79 Å². The lowest BCUT2D eigenvalue weighted by molar-refractivity contribution is 0.0567. The molecule has 0 aliphatic carbocycles. The summed E-state index contributed by atoms with van der Waals surface area (Å²) in [5.41, 5.74) is 0.495. The molecule has 1 aromatic rings. The predicted octanol–water partition coefficient (Wildman–Crippen LogP) is 2.93. The molecule has 0 saturated heterocycles. The normalized spacial score (nSPS) is 9.76. The first kappa shape index (κ1) is 14.0. The second-order valence-corrected chi connectivity index (χ2v) is 5.22. The van der Waals surface area contributed by atoms with Crippen LogP contribution in [0.1, 0.15) is 17.3 Å². The molecule has 0 heterocycles. The van der Waals surface area contributed by atoms with Gasteiger partial charge in [-0.3, -0.25) is 0 Å². The fourth-order valence-corrected chi connectivity index (χ4v) is 2.01. The summed E-state index contributed by atoms with van der Waals surface area (Å²) >= 11 is 6.54. The largest absolute Gasteiger partial charge is 0.497 e. The molecule has 0 bridgehead atoms. The first-order chi connectivity index (χ1) is 8.17. The quantitative estimate of drug-likeness (QED) is 0.607. The molecule has 5 heteroatoms. The van der Waals surface area contributed by atoms with E-state index in [0.717, 1.165) is 5.75 Å². The van der Waals surface area contributed by atoms with Gasteiger partial charge in [-0.2, -0.15) is 0 Å². The fraction of sp³-hybridized carbons (Fsp3) is 0.333. The SMILES string of the molecule is CCSC(=S)COC(=O)c1ccc(OC)cc1. The Morgan fingerprint density at radius 3 is 2.53 bits per heavy atom. The van der Waals surface area contributed by atoms with E-state index in [1.54, 1.807) is 31.4 Å². The Labute approximate surface area is 110 Å². The first-order valence-corrected chi connectivity index (χ1v) is 6.53. The van der Waals surface area contributed by atoms with E-state index in [-0.39, 0.29) is 12.6 Å². The summed E-state index contributed by atoms with van der Waals surface area (Å²) in [5, 5.41) is 0. The van der Waals surface area contributed by atoms with Gasteiger partial charge in [0.15, 0.2) is 0 Å². The molecule has 1 rings (SSSR count). The Morgan fingerprint density at radius 2 is 2.00 bits per heavy atom. The summed E-state index contributed by atoms with van der Waals surface area (Å²) in [7, 11) is 1.58. The van der Waals surface area contributed by atoms with Gasteiger partial charge in [-0.15, -0.1) is 11.8 Å². The van der Waals surface area contributed by atoms with Crippen LogP contribution in [0.5, 0.6) is 5.75 Å². The monoisotopic (exact) mass is 270 g/mol. The highest BCUT2D eigenvalue weighted by atomic mass is 32.2. The topological polar surface area (TPSA) is 35.5 Å². The zero-order chi connectivity index (χ0) is 12.7. The van der Waals surface area contributed by atoms with Crippen molar-refractivity contribution in [3.05, 3.63) is 29.8 Å². The lowest BCUT2D eigenvalue weighted by Crippen LogP contribution is -2.10. The van der Waals surface area contributed by atoms with E-state index in [1.165, 1.54) is 11.8 Å². The van der Waals surface area contributed by atoms with Gasteiger partial charge in [-0.1, -0.05) is 19.1 Å². The van der Waals surface area contributed by atoms with E-state index in [4.69, 9.17) is 21.7 Å². The van der Waals surface area contributed by atoms with Crippen LogP contribution in [0.2, 0.25) is 0 Å². The standard InChI is InChI=1S/C12H14O3S2/c1-3-17-11(16)8-15-12(13)9-4-6-10(14-2)7-5-9/h4-7H,3,8H2,1-2H3. The maximum absolute atomic E-state index is 11.6. The Kier molecular flexibility index (Phi) is 6.00. The van der Waals surface area contributed by atoms with Crippen molar-refractivity contribution < 1.29 is 14.3 Å². The number of thioether (sulfide) groups is 1. The van der Waals surface area contributed by atoms with Crippen molar-refractivity contribution in [3.8, 4) is 5.75 Å². The van der Waals surface area contributed by atoms with Crippen LogP contribution in [0.3, 0.4) is 0 Å². The molecule has 0 aliphatic heterocycles. The van der Waals surface area contributed by atoms with Gasteiger partial charge in [0.25, 0.3) is 0 Å². The number of hydrogen-bond acceptors (Lipinski definition) is 5. The van der Waals surface area contributed by atoms with Crippen LogP contribution in [-0.4, -0.2) is 29.6 Å². The molecule has 17 heavy (non-hydrogen) atoms. The highest BCUT2D eigenvalue weighted by Gasteiger charge is 2.08. The number of methoxy groups -OCH3 is 1. The Balaban J connectivity index is 2.49. The highest BCUT2D eigenvalue weighted by Crippen LogP contribution is 2.12. The average Bonchev–Trinajstić information content (AvgIpc) is 2.36. The number of esters is 1. The molecule has 0 atom stereocenters. The van der Waals surface area contributed by atoms with E-state index >= 15 is 0 Å². The van der Waals surface area contributed by atoms with Crippen molar-refractivity contribution in [2.75, 3.05) is 19.5 Å². The van der Waals surface area contributed by atoms with Crippen LogP contribution < -0.4 is 4.74 Å². The van der Waals surface area contributed by atoms with Crippen molar-refractivity contribution in [2.24, 2.45) is 0 Å². The van der Waals surface area contributed by atoms with E-state index < -0.39 is 0 Å². The molecule has 0 spiro atoms. The van der Waals surface area contributed by atoms with Crippen LogP contribution >= 0.6 is 24.0 Å². The van der Waals surface area contributed by atoms with Gasteiger partial charge in [0.2, 0.25) is 0 Å². The number of thiocarbonyl (C=S) groups is 1. The fourth-order valence-electron chi connectivity index (χ4n) is 1.14. The summed E-state index contributed by atoms with van der Waals surface area (Å²) in [6.45, 7) is 2.18. The zero-order valence-electron chi connectivity index (χ0n) is 9.76. The molecule has 0 N–H and O–H groups in total. The minimum absolute atomic E-state index is 0.179. The van der Waals surface area contributed by atoms with Crippen LogP contribution in [0.15, 0.2) is 24.3 Å². The molecule has 0 aromatic heterocycles. The molecule has 0 aliphatic rings. The third-order valence-electron chi connectivity index (χ3n) is 1.95. The summed E-state index contributed by atoms with van der Waals surface area (Å²) < 4.78 is 10.8. The average molecular weight is 270 g/mol. The van der Waals surface area contributed by atoms with Crippen LogP contribution in [0.25, 0.3) is 0 Å². The van der Waals surface area contributed by atoms with Gasteiger partial charge in [0.05, 0.1) is 16.9 Å². The molecular weight excluding hydrogens is 256 g/mol. The molecule has 0 amide bonds. The maximum Gasteiger partial charge on any atom is 0.338 e. The number of hydrogen-bond donors (Lipinski definition) is 0. The molecule has 3 nitrogen and oxygen atoms in total. The van der Waals surface area contributed by atoms with E-state index in [2.05, 4.69) is 0 Å². The highest BCUT2D eigenvalue weighted by molar-refractivity contribution is 8.23. The maximum atomic E-state index is 11.6. The third-order valence-corrected chi connectivity index (χ3v) is 3.15. The predicted molar refractivity (Wildman–Crippen MR) is 74.0 cm³/mol. The summed E-state index contributed by atoms with van der Waals surface area (Å²) in [6, 6.07) is 6.76. The summed E-state index contributed by atoms with van der Waals surface area (Å²) in [4.78, 5) is 11.6. The lowest BCUT2D eigenvalue weighted by atomic mass is 10.2. The second kappa shape index (κ2) is 7.29. The van der Waals surface area contributed by atoms with Crippen molar-refractivity contribution >= 4 is 34.1 Å². The number of benzene rings is 1.